The summed E-state index contributed by atoms with van der Waals surface area (Å²) >= 11 is 12.7. The smallest absolute Gasteiger partial charge is 0.264 e. The molecule has 10 heteroatoms. The molecule has 7 nitrogen and oxygen atoms in total. The molecule has 0 spiro atoms. The molecule has 0 bridgehead atoms. The van der Waals surface area contributed by atoms with Crippen LogP contribution >= 0.6 is 23.2 Å². The van der Waals surface area contributed by atoms with Crippen LogP contribution in [0.1, 0.15) is 49.8 Å². The van der Waals surface area contributed by atoms with Gasteiger partial charge in [0.1, 0.15) is 12.6 Å². The Morgan fingerprint density at radius 2 is 1.63 bits per heavy atom. The van der Waals surface area contributed by atoms with Gasteiger partial charge >= 0.3 is 0 Å². The van der Waals surface area contributed by atoms with Crippen molar-refractivity contribution in [3.63, 3.8) is 0 Å². The number of sulfonamides is 1. The standard InChI is InChI=1S/C31H37Cl2N3O4S/c1-5-7-18-34-31(38)28(6-2)35(20-24-10-8-9-11-27(24)33)30(37)21-36(29-19-25(32)15-14-23(29)4)41(39,40)26-16-12-22(3)13-17-26/h8-17,19,28H,5-7,18,20-21H2,1-4H3,(H,34,38). The Bertz CT molecular complexity index is 1460. The minimum Gasteiger partial charge on any atom is -0.354 e. The molecule has 0 aliphatic rings. The third kappa shape index (κ3) is 8.24. The fraction of sp³-hybridized carbons (Fsp3) is 0.355. The van der Waals surface area contributed by atoms with Gasteiger partial charge in [-0.05, 0) is 68.1 Å². The summed E-state index contributed by atoms with van der Waals surface area (Å²) < 4.78 is 29.1. The Kier molecular flexibility index (Phi) is 11.6. The summed E-state index contributed by atoms with van der Waals surface area (Å²) in [5, 5.41) is 3.69. The van der Waals surface area contributed by atoms with Crippen LogP contribution in [0.25, 0.3) is 0 Å². The van der Waals surface area contributed by atoms with E-state index in [2.05, 4.69) is 5.32 Å². The fourth-order valence-corrected chi connectivity index (χ4v) is 6.27. The number of hydrogen-bond donors (Lipinski definition) is 1. The van der Waals surface area contributed by atoms with E-state index in [-0.39, 0.29) is 23.0 Å². The summed E-state index contributed by atoms with van der Waals surface area (Å²) in [4.78, 5) is 28.9. The summed E-state index contributed by atoms with van der Waals surface area (Å²) in [6.45, 7) is 7.44. The monoisotopic (exact) mass is 617 g/mol. The second-order valence-electron chi connectivity index (χ2n) is 9.94. The van der Waals surface area contributed by atoms with Crippen LogP contribution in [0.3, 0.4) is 0 Å². The quantitative estimate of drug-likeness (QED) is 0.221. The molecule has 3 aromatic carbocycles. The Hall–Kier alpha value is -3.07. The van der Waals surface area contributed by atoms with Crippen LogP contribution in [0.15, 0.2) is 71.6 Å². The molecule has 1 N–H and O–H groups in total. The van der Waals surface area contributed by atoms with Crippen LogP contribution in [0, 0.1) is 13.8 Å². The Morgan fingerprint density at radius 3 is 2.27 bits per heavy atom. The molecule has 1 unspecified atom stereocenters. The largest absolute Gasteiger partial charge is 0.354 e. The minimum absolute atomic E-state index is 0.0329. The highest BCUT2D eigenvalue weighted by atomic mass is 35.5. The normalized spacial score (nSPS) is 12.0. The lowest BCUT2D eigenvalue weighted by Crippen LogP contribution is -2.52. The topological polar surface area (TPSA) is 86.8 Å². The molecule has 0 aliphatic carbocycles. The van der Waals surface area contributed by atoms with E-state index in [0.717, 1.165) is 22.7 Å². The van der Waals surface area contributed by atoms with E-state index in [1.165, 1.54) is 23.1 Å². The molecule has 0 heterocycles. The molecule has 2 amide bonds. The summed E-state index contributed by atoms with van der Waals surface area (Å²) in [5.74, 6) is -0.842. The van der Waals surface area contributed by atoms with Gasteiger partial charge in [-0.3, -0.25) is 13.9 Å². The van der Waals surface area contributed by atoms with Gasteiger partial charge in [-0.25, -0.2) is 8.42 Å². The van der Waals surface area contributed by atoms with E-state index in [9.17, 15) is 18.0 Å². The van der Waals surface area contributed by atoms with Crippen LogP contribution in [-0.2, 0) is 26.2 Å². The van der Waals surface area contributed by atoms with Crippen LogP contribution in [0.2, 0.25) is 10.0 Å². The number of halogens is 2. The zero-order chi connectivity index (χ0) is 30.2. The summed E-state index contributed by atoms with van der Waals surface area (Å²) in [6, 6.07) is 17.6. The van der Waals surface area contributed by atoms with Gasteiger partial charge in [0.15, 0.2) is 0 Å². The summed E-state index contributed by atoms with van der Waals surface area (Å²) in [6.07, 6.45) is 2.04. The molecule has 0 aliphatic heterocycles. The molecular weight excluding hydrogens is 581 g/mol. The average Bonchev–Trinajstić information content (AvgIpc) is 2.94. The number of rotatable bonds is 13. The van der Waals surface area contributed by atoms with Crippen LogP contribution < -0.4 is 9.62 Å². The highest BCUT2D eigenvalue weighted by molar-refractivity contribution is 7.92. The molecule has 3 rings (SSSR count). The van der Waals surface area contributed by atoms with Crippen molar-refractivity contribution in [1.82, 2.24) is 10.2 Å². The van der Waals surface area contributed by atoms with E-state index in [4.69, 9.17) is 23.2 Å². The first-order valence-corrected chi connectivity index (χ1v) is 15.8. The number of nitrogens with one attached hydrogen (secondary N) is 1. The fourth-order valence-electron chi connectivity index (χ4n) is 4.44. The molecule has 3 aromatic rings. The summed E-state index contributed by atoms with van der Waals surface area (Å²) in [5.41, 5.74) is 2.45. The lowest BCUT2D eigenvalue weighted by molar-refractivity contribution is -0.140. The van der Waals surface area contributed by atoms with Crippen LogP contribution in [0.5, 0.6) is 0 Å². The third-order valence-electron chi connectivity index (χ3n) is 6.84. The number of carbonyl (C=O) groups is 2. The molecule has 41 heavy (non-hydrogen) atoms. The number of hydrogen-bond acceptors (Lipinski definition) is 4. The van der Waals surface area contributed by atoms with Gasteiger partial charge in [0, 0.05) is 23.1 Å². The second-order valence-corrected chi connectivity index (χ2v) is 12.6. The minimum atomic E-state index is -4.19. The second kappa shape index (κ2) is 14.7. The molecule has 0 saturated carbocycles. The van der Waals surface area contributed by atoms with E-state index >= 15 is 0 Å². The SMILES string of the molecule is CCCCNC(=O)C(CC)N(Cc1ccccc1Cl)C(=O)CN(c1cc(Cl)ccc1C)S(=O)(=O)c1ccc(C)cc1. The first-order chi connectivity index (χ1) is 19.5. The number of carbonyl (C=O) groups excluding carboxylic acids is 2. The zero-order valence-electron chi connectivity index (χ0n) is 23.9. The van der Waals surface area contributed by atoms with E-state index in [0.29, 0.717) is 34.1 Å². The third-order valence-corrected chi connectivity index (χ3v) is 9.22. The highest BCUT2D eigenvalue weighted by Crippen LogP contribution is 2.30. The van der Waals surface area contributed by atoms with Crippen molar-refractivity contribution in [2.24, 2.45) is 0 Å². The highest BCUT2D eigenvalue weighted by Gasteiger charge is 2.34. The molecule has 220 valence electrons. The lowest BCUT2D eigenvalue weighted by Gasteiger charge is -2.33. The number of nitrogens with zero attached hydrogens (tertiary/aromatic N) is 2. The number of unbranched alkanes of at least 4 members (excludes halogenated alkanes) is 1. The zero-order valence-corrected chi connectivity index (χ0v) is 26.2. The van der Waals surface area contributed by atoms with Crippen molar-refractivity contribution >= 4 is 50.7 Å². The van der Waals surface area contributed by atoms with Crippen molar-refractivity contribution in [2.75, 3.05) is 17.4 Å². The molecule has 0 aromatic heterocycles. The maximum absolute atomic E-state index is 14.2. The lowest BCUT2D eigenvalue weighted by atomic mass is 10.1. The van der Waals surface area contributed by atoms with Crippen molar-refractivity contribution in [3.8, 4) is 0 Å². The number of aryl methyl sites for hydroxylation is 2. The molecule has 0 radical (unpaired) electrons. The van der Waals surface area contributed by atoms with Crippen molar-refractivity contribution < 1.29 is 18.0 Å². The predicted molar refractivity (Wildman–Crippen MR) is 166 cm³/mol. The van der Waals surface area contributed by atoms with Gasteiger partial charge in [0.05, 0.1) is 10.6 Å². The Labute approximate surface area is 253 Å². The van der Waals surface area contributed by atoms with Crippen LogP contribution in [-0.4, -0.2) is 44.3 Å². The van der Waals surface area contributed by atoms with E-state index in [1.807, 2.05) is 20.8 Å². The maximum atomic E-state index is 14.2. The number of amides is 2. The van der Waals surface area contributed by atoms with Gasteiger partial charge < -0.3 is 10.2 Å². The number of benzene rings is 3. The van der Waals surface area contributed by atoms with Gasteiger partial charge in [-0.15, -0.1) is 0 Å². The first-order valence-electron chi connectivity index (χ1n) is 13.7. The Balaban J connectivity index is 2.09. The molecule has 1 atom stereocenters. The predicted octanol–water partition coefficient (Wildman–Crippen LogP) is 6.53. The van der Waals surface area contributed by atoms with Crippen molar-refractivity contribution in [1.29, 1.82) is 0 Å². The maximum Gasteiger partial charge on any atom is 0.264 e. The van der Waals surface area contributed by atoms with Gasteiger partial charge in [0.25, 0.3) is 10.0 Å². The van der Waals surface area contributed by atoms with Gasteiger partial charge in [-0.2, -0.15) is 0 Å². The van der Waals surface area contributed by atoms with E-state index in [1.54, 1.807) is 55.5 Å². The Morgan fingerprint density at radius 1 is 0.951 bits per heavy atom. The van der Waals surface area contributed by atoms with Crippen molar-refractivity contribution in [3.05, 3.63) is 93.5 Å². The summed E-state index contributed by atoms with van der Waals surface area (Å²) in [7, 11) is -4.19. The first kappa shape index (κ1) is 32.4. The molecule has 0 saturated heterocycles. The van der Waals surface area contributed by atoms with Gasteiger partial charge in [0.2, 0.25) is 11.8 Å². The number of anilines is 1. The van der Waals surface area contributed by atoms with Gasteiger partial charge in [-0.1, -0.05) is 85.4 Å². The van der Waals surface area contributed by atoms with Crippen molar-refractivity contribution in [2.45, 2.75) is 64.4 Å². The van der Waals surface area contributed by atoms with Crippen LogP contribution in [0.4, 0.5) is 5.69 Å². The average molecular weight is 619 g/mol. The molecular formula is C31H37Cl2N3O4S. The van der Waals surface area contributed by atoms with E-state index < -0.39 is 28.5 Å². The molecule has 0 fully saturated rings.